The molecule has 0 amide bonds. The van der Waals surface area contributed by atoms with E-state index < -0.39 is 22.6 Å². The summed E-state index contributed by atoms with van der Waals surface area (Å²) >= 11 is 3.45. The molecule has 0 saturated heterocycles. The van der Waals surface area contributed by atoms with Crippen molar-refractivity contribution in [3.8, 4) is 16.8 Å². The number of benzene rings is 3. The van der Waals surface area contributed by atoms with Gasteiger partial charge in [0, 0.05) is 53.8 Å². The zero-order chi connectivity index (χ0) is 32.3. The van der Waals surface area contributed by atoms with Gasteiger partial charge in [-0.3, -0.25) is 13.8 Å². The van der Waals surface area contributed by atoms with Crippen LogP contribution in [-0.2, 0) is 20.0 Å². The van der Waals surface area contributed by atoms with E-state index in [0.29, 0.717) is 45.9 Å². The van der Waals surface area contributed by atoms with Crippen molar-refractivity contribution in [2.75, 3.05) is 6.54 Å². The Balaban J connectivity index is 1.21. The average molecular weight is 708 g/mol. The van der Waals surface area contributed by atoms with Crippen molar-refractivity contribution in [2.24, 2.45) is 13.0 Å². The van der Waals surface area contributed by atoms with Gasteiger partial charge in [0.05, 0.1) is 28.2 Å². The number of hydrogen-bond acceptors (Lipinski definition) is 7. The van der Waals surface area contributed by atoms with Crippen molar-refractivity contribution in [2.45, 2.75) is 43.0 Å². The van der Waals surface area contributed by atoms with Crippen LogP contribution in [0, 0.1) is 11.7 Å². The van der Waals surface area contributed by atoms with Gasteiger partial charge in [0.15, 0.2) is 0 Å². The molecule has 5 aromatic rings. The molecule has 3 heterocycles. The van der Waals surface area contributed by atoms with Gasteiger partial charge >= 0.3 is 5.97 Å². The maximum absolute atomic E-state index is 16.3. The van der Waals surface area contributed by atoms with E-state index in [-0.39, 0.29) is 29.9 Å². The van der Waals surface area contributed by atoms with Gasteiger partial charge in [-0.25, -0.2) is 13.9 Å². The van der Waals surface area contributed by atoms with E-state index in [1.807, 2.05) is 31.3 Å². The molecule has 10 nitrogen and oxygen atoms in total. The summed E-state index contributed by atoms with van der Waals surface area (Å²) in [5.74, 6) is -1.48. The Kier molecular flexibility index (Phi) is 7.84. The molecule has 1 aliphatic heterocycles. The lowest BCUT2D eigenvalue weighted by Gasteiger charge is -2.43. The average Bonchev–Trinajstić information content (AvgIpc) is 3.49. The van der Waals surface area contributed by atoms with Crippen LogP contribution in [0.3, 0.4) is 0 Å². The first-order valence-corrected chi connectivity index (χ1v) is 17.2. The van der Waals surface area contributed by atoms with Crippen molar-refractivity contribution in [3.63, 3.8) is 0 Å². The molecule has 1 unspecified atom stereocenters. The zero-order valence-electron chi connectivity index (χ0n) is 25.1. The SMILES string of the molecule is CC1Cc2ccc(Br)cc2S(O)(O)N(Cc2cccc(-c3cccc(-n4ncc(C(=O)O)c4[C@@H]4C[C@H]4c4cn(C)nn4)c3)c2F)C1. The molecule has 1 fully saturated rings. The van der Waals surface area contributed by atoms with Crippen molar-refractivity contribution in [1.29, 1.82) is 0 Å². The van der Waals surface area contributed by atoms with Gasteiger partial charge < -0.3 is 5.11 Å². The molecule has 46 heavy (non-hydrogen) atoms. The monoisotopic (exact) mass is 706 g/mol. The van der Waals surface area contributed by atoms with Crippen LogP contribution in [0.5, 0.6) is 0 Å². The van der Waals surface area contributed by atoms with Crippen molar-refractivity contribution in [1.82, 2.24) is 29.1 Å². The first kappa shape index (κ1) is 30.8. The highest BCUT2D eigenvalue weighted by molar-refractivity contribution is 9.10. The molecular weight excluding hydrogens is 675 g/mol. The zero-order valence-corrected chi connectivity index (χ0v) is 27.5. The van der Waals surface area contributed by atoms with Crippen LogP contribution in [0.4, 0.5) is 4.39 Å². The number of aromatic carboxylic acids is 1. The van der Waals surface area contributed by atoms with Crippen LogP contribution in [0.25, 0.3) is 16.8 Å². The van der Waals surface area contributed by atoms with E-state index in [2.05, 4.69) is 31.3 Å². The van der Waals surface area contributed by atoms with Crippen LogP contribution < -0.4 is 0 Å². The molecule has 13 heteroatoms. The largest absolute Gasteiger partial charge is 0.478 e. The Morgan fingerprint density at radius 1 is 1.11 bits per heavy atom. The fourth-order valence-corrected chi connectivity index (χ4v) is 8.86. The maximum Gasteiger partial charge on any atom is 0.339 e. The van der Waals surface area contributed by atoms with E-state index in [0.717, 1.165) is 22.2 Å². The summed E-state index contributed by atoms with van der Waals surface area (Å²) in [6, 6.07) is 17.8. The van der Waals surface area contributed by atoms with Gasteiger partial charge in [-0.15, -0.1) is 15.9 Å². The summed E-state index contributed by atoms with van der Waals surface area (Å²) in [5.41, 5.74) is 4.24. The van der Waals surface area contributed by atoms with Crippen LogP contribution in [0.1, 0.15) is 58.1 Å². The van der Waals surface area contributed by atoms with Gasteiger partial charge in [-0.05, 0) is 54.2 Å². The first-order chi connectivity index (χ1) is 22.0. The van der Waals surface area contributed by atoms with Crippen LogP contribution in [-0.4, -0.2) is 55.8 Å². The highest BCUT2D eigenvalue weighted by atomic mass is 79.9. The molecule has 3 aromatic carbocycles. The lowest BCUT2D eigenvalue weighted by atomic mass is 10.00. The van der Waals surface area contributed by atoms with Crippen molar-refractivity contribution < 1.29 is 23.4 Å². The minimum Gasteiger partial charge on any atom is -0.478 e. The Morgan fingerprint density at radius 2 is 1.91 bits per heavy atom. The Hall–Kier alpha value is -3.88. The van der Waals surface area contributed by atoms with Crippen molar-refractivity contribution >= 4 is 32.7 Å². The van der Waals surface area contributed by atoms with Gasteiger partial charge in [0.2, 0.25) is 0 Å². The predicted octanol–water partition coefficient (Wildman–Crippen LogP) is 7.26. The third-order valence-electron chi connectivity index (χ3n) is 8.77. The number of aromatic nitrogens is 5. The molecule has 1 saturated carbocycles. The number of carboxylic acids is 1. The number of rotatable bonds is 7. The second-order valence-electron chi connectivity index (χ2n) is 12.2. The minimum atomic E-state index is -3.38. The molecule has 0 spiro atoms. The van der Waals surface area contributed by atoms with Gasteiger partial charge in [0.25, 0.3) is 0 Å². The quantitative estimate of drug-likeness (QED) is 0.161. The van der Waals surface area contributed by atoms with E-state index in [4.69, 9.17) is 0 Å². The number of carbonyl (C=O) groups is 1. The first-order valence-electron chi connectivity index (χ1n) is 14.9. The smallest absolute Gasteiger partial charge is 0.339 e. The van der Waals surface area contributed by atoms with Gasteiger partial charge in [-0.2, -0.15) is 9.40 Å². The molecule has 1 aliphatic carbocycles. The van der Waals surface area contributed by atoms with Crippen LogP contribution in [0.15, 0.2) is 82.4 Å². The summed E-state index contributed by atoms with van der Waals surface area (Å²) in [7, 11) is -1.59. The summed E-state index contributed by atoms with van der Waals surface area (Å²) in [6.07, 6.45) is 4.60. The van der Waals surface area contributed by atoms with Crippen LogP contribution in [0.2, 0.25) is 0 Å². The normalized spacial score (nSPS) is 21.4. The predicted molar refractivity (Wildman–Crippen MR) is 176 cm³/mol. The van der Waals surface area contributed by atoms with Crippen LogP contribution >= 0.6 is 26.7 Å². The highest BCUT2D eigenvalue weighted by Crippen LogP contribution is 2.57. The lowest BCUT2D eigenvalue weighted by molar-refractivity contribution is 0.0695. The maximum atomic E-state index is 16.3. The summed E-state index contributed by atoms with van der Waals surface area (Å²) in [6.45, 7) is 2.45. The highest BCUT2D eigenvalue weighted by Gasteiger charge is 2.46. The topological polar surface area (TPSA) is 130 Å². The number of nitrogens with zero attached hydrogens (tertiary/aromatic N) is 6. The second-order valence-corrected chi connectivity index (χ2v) is 15.1. The molecular formula is C33H32BrFN6O4S. The van der Waals surface area contributed by atoms with E-state index in [9.17, 15) is 19.0 Å². The Morgan fingerprint density at radius 3 is 2.67 bits per heavy atom. The third kappa shape index (κ3) is 5.56. The molecule has 3 N–H and O–H groups in total. The standard InChI is InChI=1S/C33H32BrFN6O4S/c1-19-11-21-9-10-23(34)13-30(21)46(44,45)40(16-19)17-22-6-4-8-25(31(22)35)20-5-3-7-24(12-20)41-32(28(15-36-41)33(42)43)27-14-26(27)29-18-39(2)38-37-29/h3-10,12-13,15,18-19,26-27,44-45H,11,14,16-17H2,1-2H3,(H,42,43)/t19?,26-,27-/m1/s1. The summed E-state index contributed by atoms with van der Waals surface area (Å²) in [5, 5.41) is 22.7. The fourth-order valence-electron chi connectivity index (χ4n) is 6.50. The summed E-state index contributed by atoms with van der Waals surface area (Å²) < 4.78 is 44.9. The molecule has 2 aliphatic rings. The minimum absolute atomic E-state index is 0.00864. The number of halogens is 2. The number of hydrogen-bond donors (Lipinski definition) is 3. The molecule has 0 bridgehead atoms. The Bertz CT molecular complexity index is 1980. The lowest BCUT2D eigenvalue weighted by Crippen LogP contribution is -2.30. The van der Waals surface area contributed by atoms with Crippen molar-refractivity contribution in [3.05, 3.63) is 111 Å². The molecule has 7 rings (SSSR count). The number of carboxylic acid groups (broad SMARTS) is 1. The van der Waals surface area contributed by atoms with Gasteiger partial charge in [-0.1, -0.05) is 64.5 Å². The number of fused-ring (bicyclic) bond motifs is 1. The second kappa shape index (κ2) is 11.7. The summed E-state index contributed by atoms with van der Waals surface area (Å²) in [4.78, 5) is 12.6. The van der Waals surface area contributed by atoms with Gasteiger partial charge in [0.1, 0.15) is 11.4 Å². The number of aryl methyl sites for hydroxylation is 1. The molecule has 0 radical (unpaired) electrons. The van der Waals surface area contributed by atoms with E-state index in [1.165, 1.54) is 6.20 Å². The molecule has 238 valence electrons. The third-order valence-corrected chi connectivity index (χ3v) is 11.2. The fraction of sp³-hybridized carbons (Fsp3) is 0.273. The Labute approximate surface area is 275 Å². The van der Waals surface area contributed by atoms with E-state index >= 15 is 4.39 Å². The molecule has 2 aromatic heterocycles. The molecule has 3 atom stereocenters. The van der Waals surface area contributed by atoms with E-state index in [1.54, 1.807) is 63.2 Å².